The summed E-state index contributed by atoms with van der Waals surface area (Å²) >= 11 is 12.7. The van der Waals surface area contributed by atoms with Gasteiger partial charge in [0.15, 0.2) is 9.84 Å². The minimum atomic E-state index is -3.14. The Morgan fingerprint density at radius 3 is 2.44 bits per heavy atom. The standard InChI is InChI=1S/C26H24Cl2N2O5S/c27-17-7-5-16(6-8-17)19-13-20-22(29-23(32)15-31)14-26(9-11-36(33,34)12-10-26)35-25(20)30-24(19)18-3-1-2-4-21(18)28/h1-8,13,22,31H,9-12,14-15H2,(H,29,32). The van der Waals surface area contributed by atoms with Crippen molar-refractivity contribution in [2.75, 3.05) is 18.1 Å². The van der Waals surface area contributed by atoms with Gasteiger partial charge in [0, 0.05) is 46.0 Å². The third kappa shape index (κ3) is 4.95. The van der Waals surface area contributed by atoms with Gasteiger partial charge >= 0.3 is 0 Å². The smallest absolute Gasteiger partial charge is 0.246 e. The van der Waals surface area contributed by atoms with Crippen molar-refractivity contribution in [1.82, 2.24) is 10.3 Å². The Morgan fingerprint density at radius 1 is 1.08 bits per heavy atom. The zero-order valence-corrected chi connectivity index (χ0v) is 21.5. The number of fused-ring (bicyclic) bond motifs is 1. The van der Waals surface area contributed by atoms with Gasteiger partial charge in [0.25, 0.3) is 0 Å². The number of benzene rings is 2. The van der Waals surface area contributed by atoms with E-state index < -0.39 is 34.0 Å². The minimum Gasteiger partial charge on any atom is -0.471 e. The minimum absolute atomic E-state index is 0.00320. The van der Waals surface area contributed by atoms with Gasteiger partial charge in [-0.05, 0) is 29.8 Å². The lowest BCUT2D eigenvalue weighted by Gasteiger charge is -2.44. The normalized spacial score (nSPS) is 19.8. The third-order valence-corrected chi connectivity index (χ3v) is 9.01. The number of aromatic nitrogens is 1. The van der Waals surface area contributed by atoms with Crippen LogP contribution in [0.25, 0.3) is 22.4 Å². The molecule has 36 heavy (non-hydrogen) atoms. The molecule has 2 aromatic carbocycles. The van der Waals surface area contributed by atoms with Crippen molar-refractivity contribution in [2.24, 2.45) is 0 Å². The van der Waals surface area contributed by atoms with Crippen molar-refractivity contribution in [3.63, 3.8) is 0 Å². The number of nitrogens with one attached hydrogen (secondary N) is 1. The van der Waals surface area contributed by atoms with Gasteiger partial charge in [-0.15, -0.1) is 0 Å². The average Bonchev–Trinajstić information content (AvgIpc) is 2.86. The van der Waals surface area contributed by atoms with Crippen LogP contribution in [-0.2, 0) is 14.6 Å². The summed E-state index contributed by atoms with van der Waals surface area (Å²) in [5.41, 5.74) is 2.77. The van der Waals surface area contributed by atoms with Crippen LogP contribution in [0.1, 0.15) is 30.9 Å². The number of sulfone groups is 1. The highest BCUT2D eigenvalue weighted by molar-refractivity contribution is 7.91. The monoisotopic (exact) mass is 546 g/mol. The lowest BCUT2D eigenvalue weighted by atomic mass is 9.83. The molecular formula is C26H24Cl2N2O5S. The first-order valence-electron chi connectivity index (χ1n) is 11.5. The number of pyridine rings is 1. The fourth-order valence-corrected chi connectivity index (χ4v) is 6.79. The summed E-state index contributed by atoms with van der Waals surface area (Å²) in [5.74, 6) is -0.210. The molecule has 0 aliphatic carbocycles. The van der Waals surface area contributed by atoms with Gasteiger partial charge in [-0.3, -0.25) is 4.79 Å². The molecule has 1 aromatic heterocycles. The summed E-state index contributed by atoms with van der Waals surface area (Å²) in [5, 5.41) is 13.4. The molecule has 1 amide bonds. The lowest BCUT2D eigenvalue weighted by Crippen LogP contribution is -2.50. The van der Waals surface area contributed by atoms with E-state index in [0.717, 1.165) is 11.1 Å². The zero-order valence-electron chi connectivity index (χ0n) is 19.2. The number of ether oxygens (including phenoxy) is 1. The fraction of sp³-hybridized carbons (Fsp3) is 0.308. The number of carbonyl (C=O) groups excluding carboxylic acids is 1. The fourth-order valence-electron chi connectivity index (χ4n) is 4.87. The largest absolute Gasteiger partial charge is 0.471 e. The second-order valence-electron chi connectivity index (χ2n) is 9.18. The maximum absolute atomic E-state index is 12.2. The van der Waals surface area contributed by atoms with Crippen molar-refractivity contribution in [1.29, 1.82) is 0 Å². The summed E-state index contributed by atoms with van der Waals surface area (Å²) < 4.78 is 30.7. The molecule has 188 valence electrons. The molecule has 1 spiro atoms. The molecule has 2 N–H and O–H groups in total. The van der Waals surface area contributed by atoms with Gasteiger partial charge in [0.2, 0.25) is 11.8 Å². The van der Waals surface area contributed by atoms with Crippen LogP contribution in [0.4, 0.5) is 0 Å². The lowest BCUT2D eigenvalue weighted by molar-refractivity contribution is -0.125. The van der Waals surface area contributed by atoms with Gasteiger partial charge in [0.05, 0.1) is 23.2 Å². The molecular weight excluding hydrogens is 523 g/mol. The van der Waals surface area contributed by atoms with E-state index in [1.165, 1.54) is 0 Å². The molecule has 10 heteroatoms. The first-order valence-corrected chi connectivity index (χ1v) is 14.1. The van der Waals surface area contributed by atoms with Crippen LogP contribution < -0.4 is 10.1 Å². The van der Waals surface area contributed by atoms with Gasteiger partial charge in [-0.25, -0.2) is 13.4 Å². The highest BCUT2D eigenvalue weighted by Crippen LogP contribution is 2.47. The number of halogens is 2. The van der Waals surface area contributed by atoms with E-state index in [-0.39, 0.29) is 11.5 Å². The van der Waals surface area contributed by atoms with Gasteiger partial charge in [-0.2, -0.15) is 0 Å². The number of aliphatic hydroxyl groups excluding tert-OH is 1. The van der Waals surface area contributed by atoms with E-state index in [0.29, 0.717) is 52.0 Å². The third-order valence-electron chi connectivity index (χ3n) is 6.78. The maximum atomic E-state index is 12.2. The predicted molar refractivity (Wildman–Crippen MR) is 139 cm³/mol. The molecule has 7 nitrogen and oxygen atoms in total. The Kier molecular flexibility index (Phi) is 6.72. The summed E-state index contributed by atoms with van der Waals surface area (Å²) in [6.45, 7) is -0.663. The maximum Gasteiger partial charge on any atom is 0.246 e. The van der Waals surface area contributed by atoms with Crippen LogP contribution >= 0.6 is 23.2 Å². The molecule has 1 atom stereocenters. The number of amides is 1. The second kappa shape index (κ2) is 9.67. The molecule has 1 fully saturated rings. The quantitative estimate of drug-likeness (QED) is 0.495. The van der Waals surface area contributed by atoms with Crippen LogP contribution in [0.2, 0.25) is 10.0 Å². The van der Waals surface area contributed by atoms with E-state index in [2.05, 4.69) is 5.32 Å². The summed E-state index contributed by atoms with van der Waals surface area (Å²) in [6, 6.07) is 16.1. The number of aliphatic hydroxyl groups is 1. The number of carbonyl (C=O) groups is 1. The van der Waals surface area contributed by atoms with E-state index in [1.807, 2.05) is 36.4 Å². The Bertz CT molecular complexity index is 1410. The first kappa shape index (κ1) is 25.0. The molecule has 1 unspecified atom stereocenters. The first-order chi connectivity index (χ1) is 17.2. The van der Waals surface area contributed by atoms with E-state index >= 15 is 0 Å². The van der Waals surface area contributed by atoms with Crippen molar-refractivity contribution in [3.05, 3.63) is 70.2 Å². The molecule has 0 radical (unpaired) electrons. The van der Waals surface area contributed by atoms with Crippen LogP contribution in [0.5, 0.6) is 5.88 Å². The molecule has 3 heterocycles. The highest BCUT2D eigenvalue weighted by Gasteiger charge is 2.46. The van der Waals surface area contributed by atoms with Crippen molar-refractivity contribution < 1.29 is 23.1 Å². The van der Waals surface area contributed by atoms with Crippen LogP contribution in [0.3, 0.4) is 0 Å². The molecule has 3 aromatic rings. The van der Waals surface area contributed by atoms with Crippen molar-refractivity contribution in [3.8, 4) is 28.3 Å². The Hall–Kier alpha value is -2.65. The predicted octanol–water partition coefficient (Wildman–Crippen LogP) is 4.60. The molecule has 2 aliphatic rings. The number of hydrogen-bond acceptors (Lipinski definition) is 6. The van der Waals surface area contributed by atoms with E-state index in [4.69, 9.17) is 32.9 Å². The second-order valence-corrected chi connectivity index (χ2v) is 12.3. The van der Waals surface area contributed by atoms with Crippen molar-refractivity contribution in [2.45, 2.75) is 30.9 Å². The van der Waals surface area contributed by atoms with Crippen molar-refractivity contribution >= 4 is 38.9 Å². The van der Waals surface area contributed by atoms with Crippen LogP contribution in [0, 0.1) is 0 Å². The van der Waals surface area contributed by atoms with Gasteiger partial charge in [-0.1, -0.05) is 53.5 Å². The summed E-state index contributed by atoms with van der Waals surface area (Å²) in [7, 11) is -3.14. The van der Waals surface area contributed by atoms with Crippen LogP contribution in [-0.4, -0.2) is 48.1 Å². The number of nitrogens with zero attached hydrogens (tertiary/aromatic N) is 1. The summed E-state index contributed by atoms with van der Waals surface area (Å²) in [6.07, 6.45) is 0.957. The highest BCUT2D eigenvalue weighted by atomic mass is 35.5. The zero-order chi connectivity index (χ0) is 25.5. The van der Waals surface area contributed by atoms with Gasteiger partial charge in [0.1, 0.15) is 12.2 Å². The Labute approximate surface area is 219 Å². The van der Waals surface area contributed by atoms with E-state index in [9.17, 15) is 18.3 Å². The Morgan fingerprint density at radius 2 is 1.78 bits per heavy atom. The molecule has 5 rings (SSSR count). The number of hydrogen-bond donors (Lipinski definition) is 2. The molecule has 2 aliphatic heterocycles. The van der Waals surface area contributed by atoms with E-state index in [1.54, 1.807) is 18.2 Å². The molecule has 0 saturated carbocycles. The number of rotatable bonds is 4. The summed E-state index contributed by atoms with van der Waals surface area (Å²) in [4.78, 5) is 17.1. The van der Waals surface area contributed by atoms with Crippen LogP contribution in [0.15, 0.2) is 54.6 Å². The average molecular weight is 547 g/mol. The SMILES string of the molecule is O=C(CO)NC1CC2(CCS(=O)(=O)CC2)Oc2nc(-c3ccccc3Cl)c(-c3ccc(Cl)cc3)cc21. The molecule has 0 bridgehead atoms. The molecule has 1 saturated heterocycles. The Balaban J connectivity index is 1.69. The topological polar surface area (TPSA) is 106 Å². The van der Waals surface area contributed by atoms with Gasteiger partial charge < -0.3 is 15.2 Å².